The molecule has 0 saturated heterocycles. The first-order valence-corrected chi connectivity index (χ1v) is 10.1. The monoisotopic (exact) mass is 368 g/mol. The summed E-state index contributed by atoms with van der Waals surface area (Å²) in [5, 5.41) is 7.41. The van der Waals surface area contributed by atoms with Crippen LogP contribution in [0, 0.1) is 13.8 Å². The molecule has 1 aromatic heterocycles. The van der Waals surface area contributed by atoms with Crippen LogP contribution in [0.15, 0.2) is 30.3 Å². The lowest BCUT2D eigenvalue weighted by Gasteiger charge is -2.33. The summed E-state index contributed by atoms with van der Waals surface area (Å²) in [6.45, 7) is 5.18. The van der Waals surface area contributed by atoms with E-state index in [1.54, 1.807) is 0 Å². The van der Waals surface area contributed by atoms with Gasteiger partial charge in [-0.15, -0.1) is 0 Å². The number of carbonyl (C=O) groups excluding carboxylic acids is 1. The molecule has 1 saturated carbocycles. The fourth-order valence-electron chi connectivity index (χ4n) is 3.93. The third kappa shape index (κ3) is 5.34. The second-order valence-corrected chi connectivity index (χ2v) is 7.75. The number of hydrogen-bond donors (Lipinski definition) is 1. The molecular formula is C22H32N4O. The van der Waals surface area contributed by atoms with Crippen LogP contribution in [0.2, 0.25) is 0 Å². The zero-order valence-electron chi connectivity index (χ0n) is 16.9. The lowest BCUT2D eigenvalue weighted by molar-refractivity contribution is -0.121. The van der Waals surface area contributed by atoms with E-state index in [0.29, 0.717) is 25.6 Å². The van der Waals surface area contributed by atoms with Gasteiger partial charge in [0.05, 0.1) is 5.69 Å². The molecule has 1 aliphatic rings. The van der Waals surface area contributed by atoms with Gasteiger partial charge in [0.2, 0.25) is 5.91 Å². The molecule has 1 fully saturated rings. The van der Waals surface area contributed by atoms with E-state index >= 15 is 0 Å². The van der Waals surface area contributed by atoms with Crippen molar-refractivity contribution in [1.29, 1.82) is 0 Å². The normalized spacial score (nSPS) is 14.9. The van der Waals surface area contributed by atoms with Crippen molar-refractivity contribution < 1.29 is 4.79 Å². The van der Waals surface area contributed by atoms with Crippen LogP contribution >= 0.6 is 0 Å². The largest absolute Gasteiger partial charge is 0.372 e. The van der Waals surface area contributed by atoms with Gasteiger partial charge in [-0.05, 0) is 50.5 Å². The Hall–Kier alpha value is -2.30. The third-order valence-corrected chi connectivity index (χ3v) is 5.61. The van der Waals surface area contributed by atoms with Gasteiger partial charge in [0.15, 0.2) is 0 Å². The summed E-state index contributed by atoms with van der Waals surface area (Å²) < 4.78 is 1.89. The van der Waals surface area contributed by atoms with Gasteiger partial charge in [-0.2, -0.15) is 5.10 Å². The first kappa shape index (κ1) is 19.5. The zero-order chi connectivity index (χ0) is 19.2. The molecule has 0 aliphatic heterocycles. The lowest BCUT2D eigenvalue weighted by atomic mass is 9.94. The van der Waals surface area contributed by atoms with Crippen molar-refractivity contribution in [2.24, 2.45) is 0 Å². The highest BCUT2D eigenvalue weighted by molar-refractivity contribution is 5.75. The lowest BCUT2D eigenvalue weighted by Crippen LogP contribution is -2.33. The second-order valence-electron chi connectivity index (χ2n) is 7.75. The van der Waals surface area contributed by atoms with E-state index in [1.807, 2.05) is 24.6 Å². The molecule has 1 aromatic carbocycles. The SMILES string of the molecule is Cc1cc(C)n(CCC(=O)NCc2ccc(N(C)C3CCCCC3)cc2)n1. The van der Waals surface area contributed by atoms with E-state index in [0.717, 1.165) is 17.0 Å². The number of carbonyl (C=O) groups is 1. The fraction of sp³-hybridized carbons (Fsp3) is 0.545. The van der Waals surface area contributed by atoms with Crippen LogP contribution in [0.3, 0.4) is 0 Å². The van der Waals surface area contributed by atoms with Crippen LogP contribution in [0.4, 0.5) is 5.69 Å². The van der Waals surface area contributed by atoms with Gasteiger partial charge < -0.3 is 10.2 Å². The standard InChI is InChI=1S/C22H32N4O/c1-17-15-18(2)26(24-17)14-13-22(27)23-16-19-9-11-21(12-10-19)25(3)20-7-5-4-6-8-20/h9-12,15,20H,4-8,13-14,16H2,1-3H3,(H,23,27). The molecule has 1 heterocycles. The number of anilines is 1. The molecule has 0 unspecified atom stereocenters. The fourth-order valence-corrected chi connectivity index (χ4v) is 3.93. The predicted molar refractivity (Wildman–Crippen MR) is 110 cm³/mol. The number of aromatic nitrogens is 2. The van der Waals surface area contributed by atoms with Crippen LogP contribution in [0.5, 0.6) is 0 Å². The highest BCUT2D eigenvalue weighted by Crippen LogP contribution is 2.26. The highest BCUT2D eigenvalue weighted by atomic mass is 16.1. The van der Waals surface area contributed by atoms with Crippen LogP contribution in [-0.4, -0.2) is 28.8 Å². The maximum atomic E-state index is 12.1. The minimum absolute atomic E-state index is 0.0611. The maximum absolute atomic E-state index is 12.1. The van der Waals surface area contributed by atoms with Gasteiger partial charge in [0, 0.05) is 44.0 Å². The Morgan fingerprint density at radius 3 is 2.52 bits per heavy atom. The van der Waals surface area contributed by atoms with Crippen molar-refractivity contribution in [2.75, 3.05) is 11.9 Å². The molecule has 27 heavy (non-hydrogen) atoms. The zero-order valence-corrected chi connectivity index (χ0v) is 16.9. The molecule has 2 aromatic rings. The third-order valence-electron chi connectivity index (χ3n) is 5.61. The van der Waals surface area contributed by atoms with Crippen molar-refractivity contribution in [2.45, 2.75) is 71.5 Å². The van der Waals surface area contributed by atoms with E-state index in [4.69, 9.17) is 0 Å². The predicted octanol–water partition coefficient (Wildman–Crippen LogP) is 3.98. The van der Waals surface area contributed by atoms with Gasteiger partial charge in [-0.3, -0.25) is 9.48 Å². The van der Waals surface area contributed by atoms with Gasteiger partial charge in [-0.1, -0.05) is 31.4 Å². The quantitative estimate of drug-likeness (QED) is 0.804. The Kier molecular flexibility index (Phi) is 6.54. The van der Waals surface area contributed by atoms with Crippen molar-refractivity contribution in [3.8, 4) is 0 Å². The van der Waals surface area contributed by atoms with Crippen molar-refractivity contribution in [1.82, 2.24) is 15.1 Å². The molecule has 146 valence electrons. The van der Waals surface area contributed by atoms with Crippen LogP contribution in [0.1, 0.15) is 55.5 Å². The number of hydrogen-bond acceptors (Lipinski definition) is 3. The second kappa shape index (κ2) is 9.07. The molecule has 0 bridgehead atoms. The van der Waals surface area contributed by atoms with Gasteiger partial charge >= 0.3 is 0 Å². The van der Waals surface area contributed by atoms with Crippen molar-refractivity contribution in [3.63, 3.8) is 0 Å². The summed E-state index contributed by atoms with van der Waals surface area (Å²) in [6, 6.07) is 11.3. The first-order valence-electron chi connectivity index (χ1n) is 10.1. The molecule has 1 amide bonds. The minimum Gasteiger partial charge on any atom is -0.372 e. The number of nitrogens with one attached hydrogen (secondary N) is 1. The summed E-state index contributed by atoms with van der Waals surface area (Å²) in [5.41, 5.74) is 4.49. The molecule has 1 N–H and O–H groups in total. The van der Waals surface area contributed by atoms with Crippen molar-refractivity contribution >= 4 is 11.6 Å². The van der Waals surface area contributed by atoms with Gasteiger partial charge in [0.1, 0.15) is 0 Å². The molecule has 1 aliphatic carbocycles. The van der Waals surface area contributed by atoms with Crippen LogP contribution < -0.4 is 10.2 Å². The van der Waals surface area contributed by atoms with Crippen LogP contribution in [0.25, 0.3) is 0 Å². The van der Waals surface area contributed by atoms with E-state index in [9.17, 15) is 4.79 Å². The summed E-state index contributed by atoms with van der Waals surface area (Å²) >= 11 is 0. The smallest absolute Gasteiger partial charge is 0.222 e. The maximum Gasteiger partial charge on any atom is 0.222 e. The Balaban J connectivity index is 1.45. The number of amides is 1. The van der Waals surface area contributed by atoms with Crippen molar-refractivity contribution in [3.05, 3.63) is 47.3 Å². The molecule has 5 heteroatoms. The Bertz CT molecular complexity index is 744. The van der Waals surface area contributed by atoms with E-state index in [2.05, 4.69) is 46.6 Å². The van der Waals surface area contributed by atoms with Gasteiger partial charge in [0.25, 0.3) is 0 Å². The summed E-state index contributed by atoms with van der Waals surface area (Å²) in [5.74, 6) is 0.0611. The minimum atomic E-state index is 0.0611. The summed E-state index contributed by atoms with van der Waals surface area (Å²) in [7, 11) is 2.20. The average molecular weight is 369 g/mol. The number of nitrogens with zero attached hydrogens (tertiary/aromatic N) is 3. The van der Waals surface area contributed by atoms with E-state index < -0.39 is 0 Å². The molecule has 0 atom stereocenters. The topological polar surface area (TPSA) is 50.2 Å². The summed E-state index contributed by atoms with van der Waals surface area (Å²) in [6.07, 6.45) is 7.10. The Morgan fingerprint density at radius 1 is 1.19 bits per heavy atom. The molecule has 3 rings (SSSR count). The Morgan fingerprint density at radius 2 is 1.89 bits per heavy atom. The van der Waals surface area contributed by atoms with Gasteiger partial charge in [-0.25, -0.2) is 0 Å². The first-order chi connectivity index (χ1) is 13.0. The average Bonchev–Trinajstić information content (AvgIpc) is 3.02. The molecule has 5 nitrogen and oxygen atoms in total. The molecular weight excluding hydrogens is 336 g/mol. The molecule has 0 spiro atoms. The Labute approximate surface area is 162 Å². The van der Waals surface area contributed by atoms with E-state index in [-0.39, 0.29) is 5.91 Å². The van der Waals surface area contributed by atoms with E-state index in [1.165, 1.54) is 37.8 Å². The molecule has 0 radical (unpaired) electrons. The summed E-state index contributed by atoms with van der Waals surface area (Å²) in [4.78, 5) is 14.5. The highest BCUT2D eigenvalue weighted by Gasteiger charge is 2.18. The number of rotatable bonds is 7. The number of aryl methyl sites for hydroxylation is 3. The van der Waals surface area contributed by atoms with Crippen LogP contribution in [-0.2, 0) is 17.9 Å². The number of benzene rings is 1.